The lowest BCUT2D eigenvalue weighted by Crippen LogP contribution is -2.30. The van der Waals surface area contributed by atoms with Crippen molar-refractivity contribution >= 4 is 45.9 Å². The second kappa shape index (κ2) is 8.77. The first-order valence-corrected chi connectivity index (χ1v) is 8.98. The SMILES string of the molecule is C[C@H](OC(=O)c1ccccc1SC(F)F)C(=O)Nc1sccc1C(N)=O. The average Bonchev–Trinajstić information content (AvgIpc) is 3.03. The van der Waals surface area contributed by atoms with Crippen LogP contribution in [0.5, 0.6) is 0 Å². The summed E-state index contributed by atoms with van der Waals surface area (Å²) < 4.78 is 30.2. The molecule has 0 unspecified atom stereocenters. The van der Waals surface area contributed by atoms with Gasteiger partial charge in [-0.25, -0.2) is 4.79 Å². The Labute approximate surface area is 155 Å². The van der Waals surface area contributed by atoms with Gasteiger partial charge >= 0.3 is 5.97 Å². The predicted octanol–water partition coefficient (Wildman–Crippen LogP) is 3.35. The lowest BCUT2D eigenvalue weighted by atomic mass is 10.2. The molecule has 10 heteroatoms. The summed E-state index contributed by atoms with van der Waals surface area (Å²) in [6.45, 7) is 1.33. The van der Waals surface area contributed by atoms with E-state index in [0.717, 1.165) is 11.3 Å². The van der Waals surface area contributed by atoms with Crippen molar-refractivity contribution < 1.29 is 27.9 Å². The summed E-state index contributed by atoms with van der Waals surface area (Å²) in [6, 6.07) is 7.17. The number of nitrogens with two attached hydrogens (primary N) is 1. The third-order valence-corrected chi connectivity index (χ3v) is 4.76. The molecule has 2 aromatic rings. The van der Waals surface area contributed by atoms with Gasteiger partial charge in [0.15, 0.2) is 6.10 Å². The van der Waals surface area contributed by atoms with E-state index in [4.69, 9.17) is 10.5 Å². The Bertz CT molecular complexity index is 826. The molecular weight excluding hydrogens is 386 g/mol. The van der Waals surface area contributed by atoms with Gasteiger partial charge in [0.25, 0.3) is 17.6 Å². The molecule has 0 aliphatic carbocycles. The molecule has 138 valence electrons. The Hall–Kier alpha value is -2.46. The van der Waals surface area contributed by atoms with E-state index in [9.17, 15) is 23.2 Å². The zero-order valence-corrected chi connectivity index (χ0v) is 15.0. The van der Waals surface area contributed by atoms with Crippen molar-refractivity contribution in [1.29, 1.82) is 0 Å². The summed E-state index contributed by atoms with van der Waals surface area (Å²) in [7, 11) is 0. The van der Waals surface area contributed by atoms with Crippen LogP contribution >= 0.6 is 23.1 Å². The number of amides is 2. The molecule has 6 nitrogen and oxygen atoms in total. The number of rotatable bonds is 7. The van der Waals surface area contributed by atoms with E-state index in [0.29, 0.717) is 0 Å². The highest BCUT2D eigenvalue weighted by Gasteiger charge is 2.23. The summed E-state index contributed by atoms with van der Waals surface area (Å²) in [5.41, 5.74) is 5.27. The quantitative estimate of drug-likeness (QED) is 0.549. The Morgan fingerprint density at radius 3 is 2.54 bits per heavy atom. The van der Waals surface area contributed by atoms with Crippen LogP contribution in [0, 0.1) is 0 Å². The van der Waals surface area contributed by atoms with Gasteiger partial charge in [0.05, 0.1) is 11.1 Å². The molecule has 0 saturated carbocycles. The third kappa shape index (κ3) is 5.02. The number of alkyl halides is 2. The zero-order chi connectivity index (χ0) is 19.3. The van der Waals surface area contributed by atoms with Gasteiger partial charge in [0.2, 0.25) is 0 Å². The monoisotopic (exact) mass is 400 g/mol. The Morgan fingerprint density at radius 2 is 1.88 bits per heavy atom. The average molecular weight is 400 g/mol. The molecule has 0 aliphatic heterocycles. The van der Waals surface area contributed by atoms with Crippen LogP contribution in [0.4, 0.5) is 13.8 Å². The van der Waals surface area contributed by atoms with E-state index in [1.807, 2.05) is 0 Å². The first-order chi connectivity index (χ1) is 12.3. The number of ether oxygens (including phenoxy) is 1. The molecule has 3 N–H and O–H groups in total. The number of hydrogen-bond acceptors (Lipinski definition) is 6. The highest BCUT2D eigenvalue weighted by Crippen LogP contribution is 2.29. The van der Waals surface area contributed by atoms with Crippen molar-refractivity contribution in [3.8, 4) is 0 Å². The Morgan fingerprint density at radius 1 is 1.19 bits per heavy atom. The van der Waals surface area contributed by atoms with Gasteiger partial charge in [-0.05, 0) is 30.5 Å². The normalized spacial score (nSPS) is 11.8. The Kier molecular flexibility index (Phi) is 6.70. The van der Waals surface area contributed by atoms with E-state index in [-0.39, 0.29) is 32.8 Å². The smallest absolute Gasteiger partial charge is 0.340 e. The second-order valence-electron chi connectivity index (χ2n) is 4.94. The summed E-state index contributed by atoms with van der Waals surface area (Å²) in [5, 5.41) is 4.26. The molecule has 0 spiro atoms. The molecular formula is C16H14F2N2O4S2. The van der Waals surface area contributed by atoms with Gasteiger partial charge in [-0.3, -0.25) is 9.59 Å². The maximum atomic E-state index is 12.6. The van der Waals surface area contributed by atoms with E-state index < -0.39 is 29.6 Å². The van der Waals surface area contributed by atoms with E-state index >= 15 is 0 Å². The minimum atomic E-state index is -2.70. The number of benzene rings is 1. The van der Waals surface area contributed by atoms with Crippen LogP contribution in [0.2, 0.25) is 0 Å². The Balaban J connectivity index is 2.06. The van der Waals surface area contributed by atoms with Gasteiger partial charge in [-0.1, -0.05) is 23.9 Å². The van der Waals surface area contributed by atoms with Crippen molar-refractivity contribution in [2.75, 3.05) is 5.32 Å². The predicted molar refractivity (Wildman–Crippen MR) is 94.6 cm³/mol. The maximum absolute atomic E-state index is 12.6. The second-order valence-corrected chi connectivity index (χ2v) is 6.89. The lowest BCUT2D eigenvalue weighted by Gasteiger charge is -2.14. The van der Waals surface area contributed by atoms with Crippen LogP contribution < -0.4 is 11.1 Å². The first kappa shape index (κ1) is 19.9. The molecule has 26 heavy (non-hydrogen) atoms. The summed E-state index contributed by atoms with van der Waals surface area (Å²) >= 11 is 1.30. The fourth-order valence-corrected chi connectivity index (χ4v) is 3.35. The number of esters is 1. The van der Waals surface area contributed by atoms with Gasteiger partial charge in [-0.2, -0.15) is 8.78 Å². The molecule has 0 saturated heterocycles. The van der Waals surface area contributed by atoms with Gasteiger partial charge in [0.1, 0.15) is 5.00 Å². The van der Waals surface area contributed by atoms with E-state index in [2.05, 4.69) is 5.32 Å². The lowest BCUT2D eigenvalue weighted by molar-refractivity contribution is -0.123. The zero-order valence-electron chi connectivity index (χ0n) is 13.4. The summed E-state index contributed by atoms with van der Waals surface area (Å²) in [4.78, 5) is 35.7. The number of hydrogen-bond donors (Lipinski definition) is 2. The van der Waals surface area contributed by atoms with Gasteiger partial charge in [-0.15, -0.1) is 11.3 Å². The highest BCUT2D eigenvalue weighted by atomic mass is 32.2. The van der Waals surface area contributed by atoms with Crippen molar-refractivity contribution in [1.82, 2.24) is 0 Å². The number of nitrogens with one attached hydrogen (secondary N) is 1. The molecule has 1 aromatic carbocycles. The van der Waals surface area contributed by atoms with Gasteiger partial charge < -0.3 is 15.8 Å². The number of carbonyl (C=O) groups excluding carboxylic acids is 3. The summed E-state index contributed by atoms with van der Waals surface area (Å²) in [6.07, 6.45) is -1.21. The maximum Gasteiger partial charge on any atom is 0.340 e. The molecule has 0 radical (unpaired) electrons. The third-order valence-electron chi connectivity index (χ3n) is 3.14. The molecule has 2 amide bonds. The van der Waals surface area contributed by atoms with Crippen molar-refractivity contribution in [2.45, 2.75) is 23.7 Å². The van der Waals surface area contributed by atoms with Crippen LogP contribution in [0.3, 0.4) is 0 Å². The molecule has 0 aliphatic rings. The number of carbonyl (C=O) groups is 3. The fourth-order valence-electron chi connectivity index (χ4n) is 1.93. The number of anilines is 1. The minimum absolute atomic E-state index is 0.0504. The summed E-state index contributed by atoms with van der Waals surface area (Å²) in [5.74, 6) is -4.99. The fraction of sp³-hybridized carbons (Fsp3) is 0.188. The molecule has 0 bridgehead atoms. The van der Waals surface area contributed by atoms with Crippen molar-refractivity contribution in [3.63, 3.8) is 0 Å². The molecule has 1 atom stereocenters. The number of halogens is 2. The minimum Gasteiger partial charge on any atom is -0.449 e. The van der Waals surface area contributed by atoms with Crippen molar-refractivity contribution in [3.05, 3.63) is 46.8 Å². The highest BCUT2D eigenvalue weighted by molar-refractivity contribution is 7.99. The largest absolute Gasteiger partial charge is 0.449 e. The van der Waals surface area contributed by atoms with Crippen LogP contribution in [-0.2, 0) is 9.53 Å². The van der Waals surface area contributed by atoms with Crippen molar-refractivity contribution in [2.24, 2.45) is 5.73 Å². The molecule has 1 aromatic heterocycles. The number of primary amides is 1. The molecule has 0 fully saturated rings. The topological polar surface area (TPSA) is 98.5 Å². The molecule has 1 heterocycles. The molecule has 2 rings (SSSR count). The first-order valence-electron chi connectivity index (χ1n) is 7.22. The van der Waals surface area contributed by atoms with E-state index in [1.165, 1.54) is 37.3 Å². The van der Waals surface area contributed by atoms with Gasteiger partial charge in [0, 0.05) is 4.90 Å². The number of thiophene rings is 1. The standard InChI is InChI=1S/C16H14F2N2O4S2/c1-8(13(22)20-14-10(12(19)21)6-7-25-14)24-15(23)9-4-2-3-5-11(9)26-16(17)18/h2-8,16H,1H3,(H2,19,21)(H,20,22)/t8-/m0/s1. The van der Waals surface area contributed by atoms with Crippen LogP contribution in [0.1, 0.15) is 27.6 Å². The van der Waals surface area contributed by atoms with Crippen LogP contribution in [-0.4, -0.2) is 29.6 Å². The van der Waals surface area contributed by atoms with Crippen LogP contribution in [0.25, 0.3) is 0 Å². The number of thioether (sulfide) groups is 1. The van der Waals surface area contributed by atoms with E-state index in [1.54, 1.807) is 5.38 Å². The van der Waals surface area contributed by atoms with Crippen LogP contribution in [0.15, 0.2) is 40.6 Å².